The van der Waals surface area contributed by atoms with Crippen LogP contribution in [0.1, 0.15) is 36.8 Å². The minimum Gasteiger partial charge on any atom is -0.338 e. The number of rotatable bonds is 5. The lowest BCUT2D eigenvalue weighted by Crippen LogP contribution is -2.17. The van der Waals surface area contributed by atoms with E-state index >= 15 is 0 Å². The minimum absolute atomic E-state index is 0.414. The Balaban J connectivity index is 2.06. The third-order valence-corrected chi connectivity index (χ3v) is 3.27. The highest BCUT2D eigenvalue weighted by atomic mass is 15.0. The Kier molecular flexibility index (Phi) is 4.15. The van der Waals surface area contributed by atoms with E-state index in [1.54, 1.807) is 0 Å². The summed E-state index contributed by atoms with van der Waals surface area (Å²) in [6, 6.07) is 9.20. The molecule has 0 saturated heterocycles. The second-order valence-electron chi connectivity index (χ2n) is 4.65. The fourth-order valence-electron chi connectivity index (χ4n) is 2.10. The van der Waals surface area contributed by atoms with Crippen LogP contribution >= 0.6 is 0 Å². The van der Waals surface area contributed by atoms with E-state index in [4.69, 9.17) is 0 Å². The highest BCUT2D eigenvalue weighted by molar-refractivity contribution is 5.26. The summed E-state index contributed by atoms with van der Waals surface area (Å²) in [5, 5.41) is 3.42. The molecular formula is C15H21N3. The Bertz CT molecular complexity index is 485. The Morgan fingerprint density at radius 1 is 1.28 bits per heavy atom. The molecule has 0 saturated carbocycles. The van der Waals surface area contributed by atoms with Crippen LogP contribution in [0.2, 0.25) is 0 Å². The van der Waals surface area contributed by atoms with E-state index < -0.39 is 0 Å². The molecule has 2 rings (SSSR count). The summed E-state index contributed by atoms with van der Waals surface area (Å²) in [5.74, 6) is 1.10. The number of hydrogen-bond donors (Lipinski definition) is 1. The Labute approximate surface area is 109 Å². The molecule has 3 nitrogen and oxygen atoms in total. The highest BCUT2D eigenvalue weighted by Gasteiger charge is 2.05. The van der Waals surface area contributed by atoms with Crippen LogP contribution in [-0.2, 0) is 13.5 Å². The first-order valence-corrected chi connectivity index (χ1v) is 6.49. The summed E-state index contributed by atoms with van der Waals surface area (Å²) < 4.78 is 2.06. The van der Waals surface area contributed by atoms with Crippen LogP contribution in [0.5, 0.6) is 0 Å². The quantitative estimate of drug-likeness (QED) is 0.875. The van der Waals surface area contributed by atoms with Gasteiger partial charge in [-0.15, -0.1) is 0 Å². The van der Waals surface area contributed by atoms with Gasteiger partial charge >= 0.3 is 0 Å². The minimum atomic E-state index is 0.414. The van der Waals surface area contributed by atoms with Crippen molar-refractivity contribution in [2.24, 2.45) is 7.05 Å². The molecule has 0 spiro atoms. The molecule has 0 aliphatic carbocycles. The van der Waals surface area contributed by atoms with Crippen molar-refractivity contribution in [1.82, 2.24) is 14.9 Å². The number of aromatic nitrogens is 2. The van der Waals surface area contributed by atoms with E-state index in [1.807, 2.05) is 19.4 Å². The van der Waals surface area contributed by atoms with Crippen LogP contribution in [0, 0.1) is 0 Å². The first kappa shape index (κ1) is 12.8. The number of imidazole rings is 1. The molecule has 1 N–H and O–H groups in total. The lowest BCUT2D eigenvalue weighted by molar-refractivity contribution is 0.598. The Morgan fingerprint density at radius 3 is 2.56 bits per heavy atom. The third kappa shape index (κ3) is 2.99. The fraction of sp³-hybridized carbons (Fsp3) is 0.400. The van der Waals surface area contributed by atoms with E-state index in [2.05, 4.69) is 53.0 Å². The standard InChI is InChI=1S/C15H21N3/c1-4-16-12(2)14-7-5-13(6-8-14)11-15-17-9-10-18(15)3/h5-10,12,16H,4,11H2,1-3H3. The maximum Gasteiger partial charge on any atom is 0.112 e. The average Bonchev–Trinajstić information content (AvgIpc) is 2.76. The van der Waals surface area contributed by atoms with Crippen LogP contribution < -0.4 is 5.32 Å². The smallest absolute Gasteiger partial charge is 0.112 e. The van der Waals surface area contributed by atoms with Crippen LogP contribution in [0.4, 0.5) is 0 Å². The molecule has 1 atom stereocenters. The zero-order chi connectivity index (χ0) is 13.0. The van der Waals surface area contributed by atoms with Crippen molar-refractivity contribution in [3.63, 3.8) is 0 Å². The van der Waals surface area contributed by atoms with Gasteiger partial charge < -0.3 is 9.88 Å². The van der Waals surface area contributed by atoms with E-state index in [-0.39, 0.29) is 0 Å². The molecule has 1 aromatic heterocycles. The second-order valence-corrected chi connectivity index (χ2v) is 4.65. The summed E-state index contributed by atoms with van der Waals surface area (Å²) in [6.07, 6.45) is 4.72. The van der Waals surface area contributed by atoms with Crippen molar-refractivity contribution in [2.75, 3.05) is 6.54 Å². The van der Waals surface area contributed by atoms with E-state index in [9.17, 15) is 0 Å². The monoisotopic (exact) mass is 243 g/mol. The van der Waals surface area contributed by atoms with Crippen molar-refractivity contribution < 1.29 is 0 Å². The molecule has 0 fully saturated rings. The van der Waals surface area contributed by atoms with Gasteiger partial charge in [-0.1, -0.05) is 31.2 Å². The summed E-state index contributed by atoms with van der Waals surface area (Å²) in [7, 11) is 2.03. The summed E-state index contributed by atoms with van der Waals surface area (Å²) in [5.41, 5.74) is 2.64. The van der Waals surface area contributed by atoms with Gasteiger partial charge in [0.15, 0.2) is 0 Å². The highest BCUT2D eigenvalue weighted by Crippen LogP contribution is 2.14. The number of aryl methyl sites for hydroxylation is 1. The van der Waals surface area contributed by atoms with Gasteiger partial charge in [0.2, 0.25) is 0 Å². The number of nitrogens with zero attached hydrogens (tertiary/aromatic N) is 2. The van der Waals surface area contributed by atoms with Crippen molar-refractivity contribution in [3.8, 4) is 0 Å². The van der Waals surface area contributed by atoms with Gasteiger partial charge in [0.05, 0.1) is 0 Å². The van der Waals surface area contributed by atoms with Crippen molar-refractivity contribution >= 4 is 0 Å². The lowest BCUT2D eigenvalue weighted by Gasteiger charge is -2.13. The largest absolute Gasteiger partial charge is 0.338 e. The van der Waals surface area contributed by atoms with Gasteiger partial charge in [0.25, 0.3) is 0 Å². The molecule has 0 bridgehead atoms. The molecule has 0 aliphatic rings. The number of hydrogen-bond acceptors (Lipinski definition) is 2. The first-order chi connectivity index (χ1) is 8.70. The molecule has 96 valence electrons. The third-order valence-electron chi connectivity index (χ3n) is 3.27. The topological polar surface area (TPSA) is 29.9 Å². The van der Waals surface area contributed by atoms with Gasteiger partial charge in [0, 0.05) is 31.9 Å². The molecule has 18 heavy (non-hydrogen) atoms. The predicted molar refractivity (Wildman–Crippen MR) is 74.5 cm³/mol. The average molecular weight is 243 g/mol. The molecule has 0 aliphatic heterocycles. The van der Waals surface area contributed by atoms with Gasteiger partial charge in [0.1, 0.15) is 5.82 Å². The maximum absolute atomic E-state index is 4.35. The van der Waals surface area contributed by atoms with Gasteiger partial charge in [-0.2, -0.15) is 0 Å². The SMILES string of the molecule is CCNC(C)c1ccc(Cc2nccn2C)cc1. The molecule has 2 aromatic rings. The zero-order valence-corrected chi connectivity index (χ0v) is 11.4. The zero-order valence-electron chi connectivity index (χ0n) is 11.4. The van der Waals surface area contributed by atoms with Crippen LogP contribution in [0.3, 0.4) is 0 Å². The summed E-state index contributed by atoms with van der Waals surface area (Å²) >= 11 is 0. The molecular weight excluding hydrogens is 222 g/mol. The Hall–Kier alpha value is -1.61. The van der Waals surface area contributed by atoms with Crippen molar-refractivity contribution in [3.05, 3.63) is 53.6 Å². The molecule has 0 amide bonds. The molecule has 0 radical (unpaired) electrons. The maximum atomic E-state index is 4.35. The van der Waals surface area contributed by atoms with Crippen LogP contribution in [-0.4, -0.2) is 16.1 Å². The molecule has 3 heteroatoms. The predicted octanol–water partition coefficient (Wildman–Crippen LogP) is 2.68. The van der Waals surface area contributed by atoms with E-state index in [1.165, 1.54) is 11.1 Å². The van der Waals surface area contributed by atoms with Gasteiger partial charge in [-0.3, -0.25) is 0 Å². The number of nitrogens with one attached hydrogen (secondary N) is 1. The van der Waals surface area contributed by atoms with E-state index in [0.29, 0.717) is 6.04 Å². The lowest BCUT2D eigenvalue weighted by atomic mass is 10.0. The second kappa shape index (κ2) is 5.83. The first-order valence-electron chi connectivity index (χ1n) is 6.49. The Morgan fingerprint density at radius 2 is 2.00 bits per heavy atom. The molecule has 1 unspecified atom stereocenters. The van der Waals surface area contributed by atoms with Crippen LogP contribution in [0.25, 0.3) is 0 Å². The van der Waals surface area contributed by atoms with Crippen LogP contribution in [0.15, 0.2) is 36.7 Å². The normalized spacial score (nSPS) is 12.6. The molecule has 1 heterocycles. The van der Waals surface area contributed by atoms with Crippen molar-refractivity contribution in [1.29, 1.82) is 0 Å². The van der Waals surface area contributed by atoms with Crippen molar-refractivity contribution in [2.45, 2.75) is 26.3 Å². The van der Waals surface area contributed by atoms with Gasteiger partial charge in [-0.05, 0) is 24.6 Å². The molecule has 1 aromatic carbocycles. The van der Waals surface area contributed by atoms with E-state index in [0.717, 1.165) is 18.8 Å². The van der Waals surface area contributed by atoms with Gasteiger partial charge in [-0.25, -0.2) is 4.98 Å². The summed E-state index contributed by atoms with van der Waals surface area (Å²) in [6.45, 7) is 5.32. The summed E-state index contributed by atoms with van der Waals surface area (Å²) in [4.78, 5) is 4.35. The fourth-order valence-corrected chi connectivity index (χ4v) is 2.10. The number of benzene rings is 1.